The minimum absolute atomic E-state index is 0.274. The SMILES string of the molecule is N#Cc1ccccc1N1c2ccccc2CCC1[N+](=O)[O-]. The first-order valence-corrected chi connectivity index (χ1v) is 6.72. The monoisotopic (exact) mass is 279 g/mol. The van der Waals surface area contributed by atoms with E-state index in [0.29, 0.717) is 24.1 Å². The highest BCUT2D eigenvalue weighted by atomic mass is 16.6. The van der Waals surface area contributed by atoms with Gasteiger partial charge in [-0.1, -0.05) is 30.3 Å². The second kappa shape index (κ2) is 5.25. The van der Waals surface area contributed by atoms with Crippen LogP contribution in [-0.4, -0.2) is 11.1 Å². The Morgan fingerprint density at radius 1 is 1.14 bits per heavy atom. The Kier molecular flexibility index (Phi) is 3.28. The van der Waals surface area contributed by atoms with Crippen molar-refractivity contribution in [2.24, 2.45) is 0 Å². The van der Waals surface area contributed by atoms with Crippen molar-refractivity contribution in [3.63, 3.8) is 0 Å². The number of benzene rings is 2. The zero-order chi connectivity index (χ0) is 14.8. The summed E-state index contributed by atoms with van der Waals surface area (Å²) in [4.78, 5) is 12.8. The first-order chi connectivity index (χ1) is 10.2. The van der Waals surface area contributed by atoms with Gasteiger partial charge in [-0.25, -0.2) is 0 Å². The first-order valence-electron chi connectivity index (χ1n) is 6.72. The van der Waals surface area contributed by atoms with Crippen LogP contribution in [0.2, 0.25) is 0 Å². The first kappa shape index (κ1) is 13.1. The molecule has 0 saturated heterocycles. The maximum absolute atomic E-state index is 11.4. The minimum atomic E-state index is -0.839. The normalized spacial score (nSPS) is 16.9. The molecule has 2 aromatic carbocycles. The molecule has 21 heavy (non-hydrogen) atoms. The highest BCUT2D eigenvalue weighted by molar-refractivity contribution is 5.72. The molecule has 1 atom stereocenters. The molecule has 3 rings (SSSR count). The fourth-order valence-electron chi connectivity index (χ4n) is 2.80. The van der Waals surface area contributed by atoms with Gasteiger partial charge in [-0.05, 0) is 30.2 Å². The molecule has 0 aromatic heterocycles. The van der Waals surface area contributed by atoms with Crippen LogP contribution in [0.15, 0.2) is 48.5 Å². The zero-order valence-corrected chi connectivity index (χ0v) is 11.3. The molecule has 0 aliphatic carbocycles. The summed E-state index contributed by atoms with van der Waals surface area (Å²) in [5, 5.41) is 20.7. The number of anilines is 2. The van der Waals surface area contributed by atoms with Gasteiger partial charge in [-0.15, -0.1) is 0 Å². The van der Waals surface area contributed by atoms with Gasteiger partial charge in [0.2, 0.25) is 0 Å². The van der Waals surface area contributed by atoms with Crippen molar-refractivity contribution in [1.29, 1.82) is 5.26 Å². The third kappa shape index (κ3) is 2.21. The quantitative estimate of drug-likeness (QED) is 0.625. The number of nitriles is 1. The van der Waals surface area contributed by atoms with Crippen LogP contribution < -0.4 is 4.90 Å². The fourth-order valence-corrected chi connectivity index (χ4v) is 2.80. The molecule has 1 heterocycles. The van der Waals surface area contributed by atoms with Crippen molar-refractivity contribution < 1.29 is 4.92 Å². The lowest BCUT2D eigenvalue weighted by Crippen LogP contribution is -2.41. The van der Waals surface area contributed by atoms with Crippen LogP contribution in [0.25, 0.3) is 0 Å². The molecular weight excluding hydrogens is 266 g/mol. The van der Waals surface area contributed by atoms with Crippen LogP contribution in [0, 0.1) is 21.4 Å². The molecule has 0 radical (unpaired) electrons. The van der Waals surface area contributed by atoms with Gasteiger partial charge in [-0.2, -0.15) is 5.26 Å². The number of para-hydroxylation sites is 2. The number of hydrogen-bond donors (Lipinski definition) is 0. The molecule has 5 nitrogen and oxygen atoms in total. The number of fused-ring (bicyclic) bond motifs is 1. The summed E-state index contributed by atoms with van der Waals surface area (Å²) in [5.41, 5.74) is 2.92. The van der Waals surface area contributed by atoms with E-state index in [9.17, 15) is 15.4 Å². The van der Waals surface area contributed by atoms with E-state index < -0.39 is 6.17 Å². The van der Waals surface area contributed by atoms with Crippen LogP contribution in [-0.2, 0) is 6.42 Å². The number of nitrogens with zero attached hydrogens (tertiary/aromatic N) is 3. The molecule has 5 heteroatoms. The van der Waals surface area contributed by atoms with Crippen molar-refractivity contribution in [1.82, 2.24) is 0 Å². The summed E-state index contributed by atoms with van der Waals surface area (Å²) in [6.45, 7) is 0. The average molecular weight is 279 g/mol. The van der Waals surface area contributed by atoms with Crippen molar-refractivity contribution >= 4 is 11.4 Å². The number of hydrogen-bond acceptors (Lipinski definition) is 4. The molecule has 1 aliphatic rings. The standard InChI is InChI=1S/C16H13N3O2/c17-11-13-6-2-4-8-15(13)18-14-7-3-1-5-12(14)9-10-16(18)19(20)21/h1-8,16H,9-10H2. The van der Waals surface area contributed by atoms with Gasteiger partial charge in [0.15, 0.2) is 0 Å². The van der Waals surface area contributed by atoms with Crippen molar-refractivity contribution in [2.75, 3.05) is 4.90 Å². The average Bonchev–Trinajstić information content (AvgIpc) is 2.53. The molecule has 0 saturated carbocycles. The van der Waals surface area contributed by atoms with Gasteiger partial charge < -0.3 is 0 Å². The van der Waals surface area contributed by atoms with E-state index in [-0.39, 0.29) is 4.92 Å². The van der Waals surface area contributed by atoms with Crippen LogP contribution in [0.1, 0.15) is 17.5 Å². The second-order valence-corrected chi connectivity index (χ2v) is 4.93. The Morgan fingerprint density at radius 3 is 2.52 bits per heavy atom. The zero-order valence-electron chi connectivity index (χ0n) is 11.3. The minimum Gasteiger partial charge on any atom is -0.278 e. The van der Waals surface area contributed by atoms with E-state index in [1.807, 2.05) is 24.3 Å². The van der Waals surface area contributed by atoms with Crippen LogP contribution in [0.3, 0.4) is 0 Å². The Morgan fingerprint density at radius 2 is 1.81 bits per heavy atom. The molecule has 104 valence electrons. The topological polar surface area (TPSA) is 70.2 Å². The van der Waals surface area contributed by atoms with Gasteiger partial charge in [0, 0.05) is 11.3 Å². The Bertz CT molecular complexity index is 736. The Hall–Kier alpha value is -2.87. The van der Waals surface area contributed by atoms with E-state index in [4.69, 9.17) is 0 Å². The Balaban J connectivity index is 2.20. The van der Waals surface area contributed by atoms with Gasteiger partial charge >= 0.3 is 0 Å². The predicted molar refractivity (Wildman–Crippen MR) is 78.8 cm³/mol. The molecule has 1 unspecified atom stereocenters. The lowest BCUT2D eigenvalue weighted by atomic mass is 9.98. The van der Waals surface area contributed by atoms with E-state index >= 15 is 0 Å². The summed E-state index contributed by atoms with van der Waals surface area (Å²) < 4.78 is 0. The third-order valence-corrected chi connectivity index (χ3v) is 3.75. The summed E-state index contributed by atoms with van der Waals surface area (Å²) in [7, 11) is 0. The molecule has 2 aromatic rings. The lowest BCUT2D eigenvalue weighted by molar-refractivity contribution is -0.521. The van der Waals surface area contributed by atoms with Gasteiger partial charge in [0.05, 0.1) is 16.9 Å². The van der Waals surface area contributed by atoms with Crippen LogP contribution >= 0.6 is 0 Å². The summed E-state index contributed by atoms with van der Waals surface area (Å²) in [6, 6.07) is 16.8. The number of nitro groups is 1. The largest absolute Gasteiger partial charge is 0.291 e. The number of aryl methyl sites for hydroxylation is 1. The summed E-state index contributed by atoms with van der Waals surface area (Å²) in [5.74, 6) is 0. The highest BCUT2D eigenvalue weighted by Crippen LogP contribution is 2.38. The predicted octanol–water partition coefficient (Wildman–Crippen LogP) is 3.25. The molecule has 0 amide bonds. The van der Waals surface area contributed by atoms with Crippen LogP contribution in [0.4, 0.5) is 11.4 Å². The molecule has 0 spiro atoms. The van der Waals surface area contributed by atoms with Gasteiger partial charge in [-0.3, -0.25) is 15.0 Å². The maximum atomic E-state index is 11.4. The van der Waals surface area contributed by atoms with Gasteiger partial charge in [0.1, 0.15) is 6.07 Å². The smallest absolute Gasteiger partial charge is 0.278 e. The Labute approximate surface area is 122 Å². The van der Waals surface area contributed by atoms with E-state index in [0.717, 1.165) is 11.3 Å². The summed E-state index contributed by atoms with van der Waals surface area (Å²) >= 11 is 0. The highest BCUT2D eigenvalue weighted by Gasteiger charge is 2.36. The molecular formula is C16H13N3O2. The number of rotatable bonds is 2. The lowest BCUT2D eigenvalue weighted by Gasteiger charge is -2.33. The van der Waals surface area contributed by atoms with Crippen molar-refractivity contribution in [3.05, 3.63) is 69.8 Å². The van der Waals surface area contributed by atoms with Gasteiger partial charge in [0.25, 0.3) is 6.17 Å². The molecule has 0 N–H and O–H groups in total. The maximum Gasteiger partial charge on any atom is 0.291 e. The van der Waals surface area contributed by atoms with Crippen molar-refractivity contribution in [3.8, 4) is 6.07 Å². The van der Waals surface area contributed by atoms with Crippen molar-refractivity contribution in [2.45, 2.75) is 19.0 Å². The molecule has 0 fully saturated rings. The van der Waals surface area contributed by atoms with E-state index in [2.05, 4.69) is 6.07 Å². The molecule has 0 bridgehead atoms. The van der Waals surface area contributed by atoms with E-state index in [1.165, 1.54) is 0 Å². The summed E-state index contributed by atoms with van der Waals surface area (Å²) in [6.07, 6.45) is 0.269. The third-order valence-electron chi connectivity index (χ3n) is 3.75. The van der Waals surface area contributed by atoms with E-state index in [1.54, 1.807) is 29.2 Å². The molecule has 1 aliphatic heterocycles. The van der Waals surface area contributed by atoms with Crippen LogP contribution in [0.5, 0.6) is 0 Å². The second-order valence-electron chi connectivity index (χ2n) is 4.93. The fraction of sp³-hybridized carbons (Fsp3) is 0.188.